The molecule has 0 aliphatic rings. The Hall–Kier alpha value is -2.46. The highest BCUT2D eigenvalue weighted by Crippen LogP contribution is 2.37. The van der Waals surface area contributed by atoms with Crippen molar-refractivity contribution in [2.75, 3.05) is 26.2 Å². The van der Waals surface area contributed by atoms with E-state index in [2.05, 4.69) is 96.9 Å². The fourth-order valence-corrected chi connectivity index (χ4v) is 4.28. The number of hydrogen-bond acceptors (Lipinski definition) is 3. The summed E-state index contributed by atoms with van der Waals surface area (Å²) in [6.07, 6.45) is 1.10. The number of hydrogen-bond donors (Lipinski definition) is 2. The number of benzene rings is 3. The van der Waals surface area contributed by atoms with Crippen LogP contribution in [0.4, 0.5) is 0 Å². The molecule has 0 spiro atoms. The molecule has 3 heteroatoms. The zero-order valence-electron chi connectivity index (χ0n) is 18.2. The highest BCUT2D eigenvalue weighted by atomic mass is 16.3. The molecule has 0 aliphatic heterocycles. The van der Waals surface area contributed by atoms with Crippen LogP contribution in [0.2, 0.25) is 0 Å². The molecule has 0 bridgehead atoms. The van der Waals surface area contributed by atoms with E-state index in [0.29, 0.717) is 0 Å². The van der Waals surface area contributed by atoms with Crippen molar-refractivity contribution in [1.29, 1.82) is 0 Å². The first-order valence-electron chi connectivity index (χ1n) is 11.0. The van der Waals surface area contributed by atoms with Gasteiger partial charge in [0.1, 0.15) is 0 Å². The normalized spacial score (nSPS) is 12.8. The molecular formula is C27H34N2O. The number of likely N-dealkylation sites (N-methyl/N-ethyl adjacent to an activating group) is 1. The second-order valence-electron chi connectivity index (χ2n) is 7.77. The molecule has 2 N–H and O–H groups in total. The summed E-state index contributed by atoms with van der Waals surface area (Å²) in [5.41, 5.74) is 2.95. The molecule has 3 nitrogen and oxygen atoms in total. The Balaban J connectivity index is 2.13. The van der Waals surface area contributed by atoms with Gasteiger partial charge in [-0.15, -0.1) is 0 Å². The summed E-state index contributed by atoms with van der Waals surface area (Å²) in [5.74, 6) is 0. The van der Waals surface area contributed by atoms with E-state index in [4.69, 9.17) is 0 Å². The van der Waals surface area contributed by atoms with E-state index < -0.39 is 5.54 Å². The first-order valence-corrected chi connectivity index (χ1v) is 11.0. The van der Waals surface area contributed by atoms with Crippen LogP contribution in [0.5, 0.6) is 0 Å². The lowest BCUT2D eigenvalue weighted by Crippen LogP contribution is -2.54. The minimum absolute atomic E-state index is 0.0721. The largest absolute Gasteiger partial charge is 0.395 e. The molecule has 3 rings (SSSR count). The number of rotatable bonds is 11. The molecule has 0 fully saturated rings. The fraction of sp³-hybridized carbons (Fsp3) is 0.333. The van der Waals surface area contributed by atoms with Gasteiger partial charge >= 0.3 is 0 Å². The number of nitrogens with one attached hydrogen (secondary N) is 1. The van der Waals surface area contributed by atoms with Crippen LogP contribution >= 0.6 is 0 Å². The maximum Gasteiger partial charge on any atom is 0.0951 e. The highest BCUT2D eigenvalue weighted by Gasteiger charge is 2.38. The molecule has 3 aromatic carbocycles. The van der Waals surface area contributed by atoms with Crippen molar-refractivity contribution in [3.63, 3.8) is 0 Å². The Morgan fingerprint density at radius 3 is 1.53 bits per heavy atom. The highest BCUT2D eigenvalue weighted by molar-refractivity contribution is 5.49. The standard InChI is InChI=1S/C27H34N2O/c1-3-20-29(4-2)21-26(22-30)28-27(23-14-8-5-9-15-23,24-16-10-6-11-17-24)25-18-12-7-13-19-25/h5-19,26,28,30H,3-4,20-22H2,1-2H3. The van der Waals surface area contributed by atoms with E-state index in [0.717, 1.165) is 26.1 Å². The summed E-state index contributed by atoms with van der Waals surface area (Å²) in [7, 11) is 0. The van der Waals surface area contributed by atoms with Crippen molar-refractivity contribution in [2.24, 2.45) is 0 Å². The third-order valence-corrected chi connectivity index (χ3v) is 5.73. The van der Waals surface area contributed by atoms with Crippen LogP contribution in [0.1, 0.15) is 37.0 Å². The van der Waals surface area contributed by atoms with Crippen molar-refractivity contribution in [3.05, 3.63) is 108 Å². The van der Waals surface area contributed by atoms with Crippen molar-refractivity contribution in [3.8, 4) is 0 Å². The second kappa shape index (κ2) is 11.1. The van der Waals surface area contributed by atoms with Gasteiger partial charge in [0, 0.05) is 12.6 Å². The van der Waals surface area contributed by atoms with E-state index in [1.165, 1.54) is 16.7 Å². The molecule has 0 saturated heterocycles. The second-order valence-corrected chi connectivity index (χ2v) is 7.77. The topological polar surface area (TPSA) is 35.5 Å². The fourth-order valence-electron chi connectivity index (χ4n) is 4.28. The number of aliphatic hydroxyl groups excluding tert-OH is 1. The Morgan fingerprint density at radius 2 is 1.20 bits per heavy atom. The Morgan fingerprint density at radius 1 is 0.767 bits per heavy atom. The summed E-state index contributed by atoms with van der Waals surface area (Å²) in [4.78, 5) is 2.40. The van der Waals surface area contributed by atoms with Crippen LogP contribution in [0.15, 0.2) is 91.0 Å². The van der Waals surface area contributed by atoms with Crippen LogP contribution in [0, 0.1) is 0 Å². The van der Waals surface area contributed by atoms with E-state index in [9.17, 15) is 5.11 Å². The van der Waals surface area contributed by atoms with Gasteiger partial charge in [-0.05, 0) is 36.2 Å². The molecule has 3 aromatic rings. The molecular weight excluding hydrogens is 368 g/mol. The van der Waals surface area contributed by atoms with E-state index >= 15 is 0 Å². The molecule has 1 unspecified atom stereocenters. The van der Waals surface area contributed by atoms with Gasteiger partial charge in [0.05, 0.1) is 12.1 Å². The first-order chi connectivity index (χ1) is 14.7. The van der Waals surface area contributed by atoms with Crippen LogP contribution in [-0.4, -0.2) is 42.3 Å². The van der Waals surface area contributed by atoms with Crippen LogP contribution in [-0.2, 0) is 5.54 Å². The van der Waals surface area contributed by atoms with Gasteiger partial charge in [-0.3, -0.25) is 5.32 Å². The molecule has 0 amide bonds. The van der Waals surface area contributed by atoms with Crippen LogP contribution in [0.25, 0.3) is 0 Å². The molecule has 158 valence electrons. The van der Waals surface area contributed by atoms with Gasteiger partial charge in [0.15, 0.2) is 0 Å². The summed E-state index contributed by atoms with van der Waals surface area (Å²) >= 11 is 0. The lowest BCUT2D eigenvalue weighted by molar-refractivity contribution is 0.169. The summed E-state index contributed by atoms with van der Waals surface area (Å²) < 4.78 is 0. The van der Waals surface area contributed by atoms with Gasteiger partial charge in [-0.25, -0.2) is 0 Å². The predicted molar refractivity (Wildman–Crippen MR) is 126 cm³/mol. The van der Waals surface area contributed by atoms with Crippen molar-refractivity contribution >= 4 is 0 Å². The summed E-state index contributed by atoms with van der Waals surface area (Å²) in [6.45, 7) is 7.27. The molecule has 1 atom stereocenters. The Bertz CT molecular complexity index is 755. The van der Waals surface area contributed by atoms with Crippen molar-refractivity contribution in [1.82, 2.24) is 10.2 Å². The minimum Gasteiger partial charge on any atom is -0.395 e. The zero-order valence-corrected chi connectivity index (χ0v) is 18.2. The average molecular weight is 403 g/mol. The van der Waals surface area contributed by atoms with E-state index in [1.807, 2.05) is 18.2 Å². The molecule has 0 aliphatic carbocycles. The lowest BCUT2D eigenvalue weighted by atomic mass is 9.76. The van der Waals surface area contributed by atoms with Gasteiger partial charge < -0.3 is 10.0 Å². The van der Waals surface area contributed by atoms with Gasteiger partial charge in [-0.2, -0.15) is 0 Å². The molecule has 0 heterocycles. The quantitative estimate of drug-likeness (QED) is 0.458. The minimum atomic E-state index is -0.553. The smallest absolute Gasteiger partial charge is 0.0951 e. The zero-order chi connectivity index (χ0) is 21.2. The van der Waals surface area contributed by atoms with Crippen molar-refractivity contribution < 1.29 is 5.11 Å². The molecule has 0 radical (unpaired) electrons. The summed E-state index contributed by atoms with van der Waals surface area (Å²) in [5, 5.41) is 14.3. The lowest BCUT2D eigenvalue weighted by Gasteiger charge is -2.41. The number of nitrogens with zero attached hydrogens (tertiary/aromatic N) is 1. The van der Waals surface area contributed by atoms with Crippen LogP contribution < -0.4 is 5.32 Å². The SMILES string of the molecule is CCCN(CC)CC(CO)NC(c1ccccc1)(c1ccccc1)c1ccccc1. The molecule has 0 saturated carbocycles. The average Bonchev–Trinajstić information content (AvgIpc) is 2.83. The Kier molecular flexibility index (Phi) is 8.21. The first kappa shape index (κ1) is 22.2. The maximum atomic E-state index is 10.4. The third kappa shape index (κ3) is 4.99. The van der Waals surface area contributed by atoms with Gasteiger partial charge in [-0.1, -0.05) is 105 Å². The van der Waals surface area contributed by atoms with E-state index in [-0.39, 0.29) is 12.6 Å². The van der Waals surface area contributed by atoms with Gasteiger partial charge in [0.2, 0.25) is 0 Å². The van der Waals surface area contributed by atoms with Gasteiger partial charge in [0.25, 0.3) is 0 Å². The van der Waals surface area contributed by atoms with Crippen molar-refractivity contribution in [2.45, 2.75) is 31.8 Å². The molecule has 0 aromatic heterocycles. The third-order valence-electron chi connectivity index (χ3n) is 5.73. The summed E-state index contributed by atoms with van der Waals surface area (Å²) in [6, 6.07) is 31.6. The Labute approximate surface area is 181 Å². The van der Waals surface area contributed by atoms with Crippen LogP contribution in [0.3, 0.4) is 0 Å². The predicted octanol–water partition coefficient (Wildman–Crippen LogP) is 4.66. The number of aliphatic hydroxyl groups is 1. The monoisotopic (exact) mass is 402 g/mol. The maximum absolute atomic E-state index is 10.4. The molecule has 30 heavy (non-hydrogen) atoms. The van der Waals surface area contributed by atoms with E-state index in [1.54, 1.807) is 0 Å².